The van der Waals surface area contributed by atoms with Gasteiger partial charge >= 0.3 is 0 Å². The molecule has 4 aromatic rings. The van der Waals surface area contributed by atoms with Crippen molar-refractivity contribution in [2.45, 2.75) is 25.4 Å². The first kappa shape index (κ1) is 20.6. The van der Waals surface area contributed by atoms with E-state index in [4.69, 9.17) is 0 Å². The molecule has 0 unspecified atom stereocenters. The molecule has 0 saturated carbocycles. The van der Waals surface area contributed by atoms with Gasteiger partial charge in [0.25, 0.3) is 5.91 Å². The van der Waals surface area contributed by atoms with E-state index in [0.29, 0.717) is 5.82 Å². The number of aromatic nitrogens is 3. The van der Waals surface area contributed by atoms with Crippen LogP contribution in [-0.4, -0.2) is 44.9 Å². The number of thiophene rings is 1. The van der Waals surface area contributed by atoms with E-state index in [1.165, 1.54) is 16.9 Å². The minimum absolute atomic E-state index is 0.00150. The third kappa shape index (κ3) is 4.49. The van der Waals surface area contributed by atoms with Crippen LogP contribution in [0.25, 0.3) is 5.69 Å². The molecule has 162 valence electrons. The summed E-state index contributed by atoms with van der Waals surface area (Å²) in [6, 6.07) is 24.2. The zero-order valence-corrected chi connectivity index (χ0v) is 18.6. The second kappa shape index (κ2) is 9.46. The lowest BCUT2D eigenvalue weighted by molar-refractivity contribution is 0.0961. The predicted octanol–water partition coefficient (Wildman–Crippen LogP) is 4.64. The number of hydrogen-bond donors (Lipinski definition) is 0. The number of nitrogens with zero attached hydrogens (tertiary/aromatic N) is 5. The normalized spacial score (nSPS) is 15.0. The van der Waals surface area contributed by atoms with Crippen molar-refractivity contribution < 1.29 is 4.79 Å². The maximum atomic E-state index is 13.5. The van der Waals surface area contributed by atoms with E-state index in [1.54, 1.807) is 11.0 Å². The van der Waals surface area contributed by atoms with Crippen molar-refractivity contribution in [1.29, 1.82) is 0 Å². The summed E-state index contributed by atoms with van der Waals surface area (Å²) in [6.45, 7) is 2.83. The van der Waals surface area contributed by atoms with E-state index < -0.39 is 0 Å². The fourth-order valence-electron chi connectivity index (χ4n) is 4.20. The number of carbonyl (C=O) groups is 1. The van der Waals surface area contributed by atoms with E-state index >= 15 is 0 Å². The van der Waals surface area contributed by atoms with Crippen LogP contribution in [0.3, 0.4) is 0 Å². The molecule has 1 aliphatic rings. The lowest BCUT2D eigenvalue weighted by Crippen LogP contribution is -2.47. The van der Waals surface area contributed by atoms with Gasteiger partial charge in [0.05, 0.1) is 16.8 Å². The summed E-state index contributed by atoms with van der Waals surface area (Å²) in [5.41, 5.74) is 2.20. The lowest BCUT2D eigenvalue weighted by atomic mass is 10.0. The van der Waals surface area contributed by atoms with Crippen molar-refractivity contribution in [2.75, 3.05) is 18.0 Å². The fourth-order valence-corrected chi connectivity index (χ4v) is 4.86. The minimum Gasteiger partial charge on any atom is -0.299 e. The number of carbonyl (C=O) groups excluding carboxylic acids is 1. The van der Waals surface area contributed by atoms with Crippen LogP contribution >= 0.6 is 11.3 Å². The van der Waals surface area contributed by atoms with Gasteiger partial charge in [-0.05, 0) is 42.0 Å². The van der Waals surface area contributed by atoms with Crippen LogP contribution in [0.1, 0.15) is 28.1 Å². The third-order valence-corrected chi connectivity index (χ3v) is 6.69. The first-order valence-corrected chi connectivity index (χ1v) is 11.8. The zero-order valence-electron chi connectivity index (χ0n) is 17.7. The maximum absolute atomic E-state index is 13.5. The van der Waals surface area contributed by atoms with Gasteiger partial charge < -0.3 is 0 Å². The molecule has 0 radical (unpaired) electrons. The molecule has 3 heterocycles. The molecule has 5 rings (SSSR count). The monoisotopic (exact) mass is 443 g/mol. The summed E-state index contributed by atoms with van der Waals surface area (Å²) in [5.74, 6) is 0.607. The van der Waals surface area contributed by atoms with Crippen LogP contribution in [0.5, 0.6) is 0 Å². The maximum Gasteiger partial charge on any atom is 0.269 e. The molecule has 7 heteroatoms. The van der Waals surface area contributed by atoms with Crippen molar-refractivity contribution in [2.24, 2.45) is 0 Å². The molecule has 0 aliphatic carbocycles. The number of hydrogen-bond acceptors (Lipinski definition) is 5. The highest BCUT2D eigenvalue weighted by molar-refractivity contribution is 7.12. The van der Waals surface area contributed by atoms with Gasteiger partial charge in [0.15, 0.2) is 5.82 Å². The van der Waals surface area contributed by atoms with Crippen molar-refractivity contribution in [3.63, 3.8) is 0 Å². The van der Waals surface area contributed by atoms with Gasteiger partial charge in [-0.1, -0.05) is 54.6 Å². The summed E-state index contributed by atoms with van der Waals surface area (Å²) in [5, 5.41) is 11.1. The molecule has 1 aliphatic heterocycles. The summed E-state index contributed by atoms with van der Waals surface area (Å²) in [7, 11) is 0. The topological polar surface area (TPSA) is 54.3 Å². The van der Waals surface area contributed by atoms with Gasteiger partial charge in [-0.15, -0.1) is 21.2 Å². The Balaban J connectivity index is 1.36. The number of anilines is 1. The Bertz CT molecular complexity index is 1140. The first-order chi connectivity index (χ1) is 15.8. The molecule has 1 fully saturated rings. The second-order valence-electron chi connectivity index (χ2n) is 7.97. The van der Waals surface area contributed by atoms with Gasteiger partial charge in [0, 0.05) is 25.7 Å². The summed E-state index contributed by atoms with van der Waals surface area (Å²) >= 11 is 1.47. The Morgan fingerprint density at radius 1 is 0.969 bits per heavy atom. The molecule has 2 aromatic carbocycles. The number of piperidine rings is 1. The molecular formula is C25H25N5OS. The van der Waals surface area contributed by atoms with Crippen LogP contribution in [0, 0.1) is 0 Å². The van der Waals surface area contributed by atoms with Gasteiger partial charge in [-0.25, -0.2) is 0 Å². The zero-order chi connectivity index (χ0) is 21.8. The van der Waals surface area contributed by atoms with Gasteiger partial charge in [0.2, 0.25) is 0 Å². The average Bonchev–Trinajstić information content (AvgIpc) is 3.55. The van der Waals surface area contributed by atoms with Gasteiger partial charge in [-0.2, -0.15) is 5.10 Å². The molecule has 32 heavy (non-hydrogen) atoms. The van der Waals surface area contributed by atoms with E-state index in [1.807, 2.05) is 58.8 Å². The number of benzene rings is 2. The van der Waals surface area contributed by atoms with E-state index in [0.717, 1.165) is 43.0 Å². The minimum atomic E-state index is 0.00150. The fraction of sp³-hybridized carbons (Fsp3) is 0.240. The molecule has 0 bridgehead atoms. The van der Waals surface area contributed by atoms with E-state index in [9.17, 15) is 4.79 Å². The van der Waals surface area contributed by atoms with Crippen LogP contribution < -0.4 is 4.90 Å². The Kier molecular flexibility index (Phi) is 6.09. The highest BCUT2D eigenvalue weighted by atomic mass is 32.1. The Labute approximate surface area is 191 Å². The van der Waals surface area contributed by atoms with Crippen molar-refractivity contribution in [1.82, 2.24) is 19.9 Å². The molecule has 0 atom stereocenters. The Hall–Kier alpha value is -3.29. The molecule has 2 aromatic heterocycles. The second-order valence-corrected chi connectivity index (χ2v) is 8.92. The largest absolute Gasteiger partial charge is 0.299 e. The van der Waals surface area contributed by atoms with Gasteiger partial charge in [0.1, 0.15) is 0 Å². The molecule has 0 spiro atoms. The van der Waals surface area contributed by atoms with Gasteiger partial charge in [-0.3, -0.25) is 14.6 Å². The summed E-state index contributed by atoms with van der Waals surface area (Å²) in [4.78, 5) is 20.1. The third-order valence-electron chi connectivity index (χ3n) is 5.84. The molecule has 0 N–H and O–H groups in total. The molecule has 1 amide bonds. The lowest BCUT2D eigenvalue weighted by Gasteiger charge is -2.37. The molecular weight excluding hydrogens is 418 g/mol. The molecule has 1 saturated heterocycles. The van der Waals surface area contributed by atoms with Crippen LogP contribution in [0.15, 0.2) is 84.4 Å². The average molecular weight is 444 g/mol. The number of para-hydroxylation sites is 1. The Morgan fingerprint density at radius 2 is 1.69 bits per heavy atom. The summed E-state index contributed by atoms with van der Waals surface area (Å²) < 4.78 is 0. The SMILES string of the molecule is O=C(c1cccs1)N(c1cnn(-c2ccccc2)n1)C1CCN(Cc2ccccc2)CC1. The Morgan fingerprint density at radius 3 is 2.38 bits per heavy atom. The quantitative estimate of drug-likeness (QED) is 0.436. The van der Waals surface area contributed by atoms with E-state index in [2.05, 4.69) is 39.4 Å². The number of amides is 1. The number of rotatable bonds is 6. The first-order valence-electron chi connectivity index (χ1n) is 10.9. The highest BCUT2D eigenvalue weighted by Crippen LogP contribution is 2.26. The smallest absolute Gasteiger partial charge is 0.269 e. The standard InChI is InChI=1S/C25H25N5OS/c31-25(23-12-7-17-32-23)29(24-18-26-30(27-24)22-10-5-2-6-11-22)21-13-15-28(16-14-21)19-20-8-3-1-4-9-20/h1-12,17-18,21H,13-16,19H2. The van der Waals surface area contributed by atoms with Crippen molar-refractivity contribution in [3.8, 4) is 5.69 Å². The number of likely N-dealkylation sites (tertiary alicyclic amines) is 1. The van der Waals surface area contributed by atoms with Crippen molar-refractivity contribution in [3.05, 3.63) is 94.8 Å². The predicted molar refractivity (Wildman–Crippen MR) is 127 cm³/mol. The van der Waals surface area contributed by atoms with Crippen molar-refractivity contribution >= 4 is 23.1 Å². The van der Waals surface area contributed by atoms with Crippen LogP contribution in [0.4, 0.5) is 5.82 Å². The van der Waals surface area contributed by atoms with E-state index in [-0.39, 0.29) is 11.9 Å². The van der Waals surface area contributed by atoms with Crippen LogP contribution in [-0.2, 0) is 6.54 Å². The summed E-state index contributed by atoms with van der Waals surface area (Å²) in [6.07, 6.45) is 3.51. The van der Waals surface area contributed by atoms with Crippen LogP contribution in [0.2, 0.25) is 0 Å². The highest BCUT2D eigenvalue weighted by Gasteiger charge is 2.32. The molecule has 6 nitrogen and oxygen atoms in total.